The lowest BCUT2D eigenvalue weighted by atomic mass is 9.96. The van der Waals surface area contributed by atoms with Gasteiger partial charge in [-0.15, -0.1) is 0 Å². The number of fused-ring (bicyclic) bond motifs is 7. The van der Waals surface area contributed by atoms with E-state index in [-0.39, 0.29) is 0 Å². The Bertz CT molecular complexity index is 3230. The summed E-state index contributed by atoms with van der Waals surface area (Å²) in [6, 6.07) is 71.5. The van der Waals surface area contributed by atoms with Crippen molar-refractivity contribution in [2.45, 2.75) is 0 Å². The molecule has 0 bridgehead atoms. The van der Waals surface area contributed by atoms with Gasteiger partial charge < -0.3 is 4.57 Å². The minimum atomic E-state index is 0.713. The summed E-state index contributed by atoms with van der Waals surface area (Å²) < 4.78 is 2.40. The summed E-state index contributed by atoms with van der Waals surface area (Å²) in [5, 5.41) is 8.58. The highest BCUT2D eigenvalue weighted by Crippen LogP contribution is 2.39. The highest BCUT2D eigenvalue weighted by Gasteiger charge is 2.17. The van der Waals surface area contributed by atoms with Crippen LogP contribution in [0.25, 0.3) is 105 Å². The van der Waals surface area contributed by atoms with Crippen LogP contribution in [0.5, 0.6) is 0 Å². The third kappa shape index (κ3) is 5.20. The molecular weight excluding hydrogens is 667 g/mol. The van der Waals surface area contributed by atoms with Crippen LogP contribution in [0.4, 0.5) is 0 Å². The van der Waals surface area contributed by atoms with E-state index in [0.29, 0.717) is 5.82 Å². The molecule has 0 atom stereocenters. The van der Waals surface area contributed by atoms with Crippen molar-refractivity contribution in [3.05, 3.63) is 200 Å². The quantitative estimate of drug-likeness (QED) is 0.179. The van der Waals surface area contributed by atoms with Crippen molar-refractivity contribution in [1.29, 1.82) is 0 Å². The second-order valence-corrected chi connectivity index (χ2v) is 14.2. The fraction of sp³-hybridized carbons (Fsp3) is 0. The van der Waals surface area contributed by atoms with E-state index in [0.717, 1.165) is 44.5 Å². The van der Waals surface area contributed by atoms with Gasteiger partial charge in [0.25, 0.3) is 0 Å². The van der Waals surface area contributed by atoms with Gasteiger partial charge in [-0.1, -0.05) is 170 Å². The molecule has 0 aliphatic heterocycles. The van der Waals surface area contributed by atoms with Crippen molar-refractivity contribution >= 4 is 54.3 Å². The third-order valence-electron chi connectivity index (χ3n) is 11.0. The Kier molecular flexibility index (Phi) is 7.17. The first-order valence-electron chi connectivity index (χ1n) is 18.7. The summed E-state index contributed by atoms with van der Waals surface area (Å²) >= 11 is 0. The average Bonchev–Trinajstić information content (AvgIpc) is 3.60. The second kappa shape index (κ2) is 12.6. The predicted octanol–water partition coefficient (Wildman–Crippen LogP) is 13.7. The van der Waals surface area contributed by atoms with Crippen molar-refractivity contribution in [3.63, 3.8) is 0 Å². The lowest BCUT2D eigenvalue weighted by molar-refractivity contribution is 1.18. The topological polar surface area (TPSA) is 30.7 Å². The molecule has 0 radical (unpaired) electrons. The molecular formula is C52H33N3. The number of benzene rings is 9. The molecule has 0 aliphatic carbocycles. The summed E-state index contributed by atoms with van der Waals surface area (Å²) in [5.41, 5.74) is 12.2. The number of nitrogens with zero attached hydrogens (tertiary/aromatic N) is 3. The second-order valence-electron chi connectivity index (χ2n) is 14.2. The molecule has 0 N–H and O–H groups in total. The fourth-order valence-electron chi connectivity index (χ4n) is 8.34. The summed E-state index contributed by atoms with van der Waals surface area (Å²) in [6.45, 7) is 0. The van der Waals surface area contributed by atoms with Crippen LogP contribution in [-0.2, 0) is 0 Å². The van der Waals surface area contributed by atoms with E-state index in [1.807, 2.05) is 6.07 Å². The molecule has 9 aromatic carbocycles. The van der Waals surface area contributed by atoms with E-state index < -0.39 is 0 Å². The molecule has 0 unspecified atom stereocenters. The maximum absolute atomic E-state index is 5.22. The van der Waals surface area contributed by atoms with Crippen LogP contribution < -0.4 is 0 Å². The number of para-hydroxylation sites is 2. The summed E-state index contributed by atoms with van der Waals surface area (Å²) in [4.78, 5) is 10.3. The molecule has 11 rings (SSSR count). The molecule has 0 spiro atoms. The standard InChI is InChI=1S/C52H33N3/c1-2-14-41(15-3-1)55-48-32-30-36-12-5-7-17-44(36)50(48)46-31-29-40(33-49(46)55)34-21-27-39(28-22-34)52-53-47-20-9-8-18-45(47)51(54-52)38-25-23-37(24-26-38)43-19-10-13-35-11-4-6-16-42(35)43/h1-33H. The van der Waals surface area contributed by atoms with Crippen LogP contribution in [0.3, 0.4) is 0 Å². The fourth-order valence-corrected chi connectivity index (χ4v) is 8.34. The first-order valence-corrected chi connectivity index (χ1v) is 18.7. The van der Waals surface area contributed by atoms with Crippen molar-refractivity contribution in [2.24, 2.45) is 0 Å². The van der Waals surface area contributed by atoms with Crippen LogP contribution in [-0.4, -0.2) is 14.5 Å². The maximum Gasteiger partial charge on any atom is 0.160 e. The van der Waals surface area contributed by atoms with Crippen molar-refractivity contribution in [1.82, 2.24) is 14.5 Å². The van der Waals surface area contributed by atoms with Gasteiger partial charge >= 0.3 is 0 Å². The normalized spacial score (nSPS) is 11.6. The van der Waals surface area contributed by atoms with Gasteiger partial charge in [0.2, 0.25) is 0 Å². The maximum atomic E-state index is 5.22. The third-order valence-corrected chi connectivity index (χ3v) is 11.0. The number of hydrogen-bond acceptors (Lipinski definition) is 2. The molecule has 2 heterocycles. The molecule has 55 heavy (non-hydrogen) atoms. The Morgan fingerprint density at radius 3 is 1.78 bits per heavy atom. The van der Waals surface area contributed by atoms with E-state index in [1.165, 1.54) is 54.5 Å². The molecule has 0 fully saturated rings. The monoisotopic (exact) mass is 699 g/mol. The van der Waals surface area contributed by atoms with Gasteiger partial charge in [0.05, 0.1) is 22.2 Å². The Labute approximate surface area is 318 Å². The van der Waals surface area contributed by atoms with Crippen LogP contribution in [0, 0.1) is 0 Å². The van der Waals surface area contributed by atoms with Crippen molar-refractivity contribution < 1.29 is 0 Å². The van der Waals surface area contributed by atoms with E-state index in [4.69, 9.17) is 9.97 Å². The smallest absolute Gasteiger partial charge is 0.160 e. The molecule has 0 aliphatic rings. The molecule has 11 aromatic rings. The van der Waals surface area contributed by atoms with E-state index in [2.05, 4.69) is 199 Å². The predicted molar refractivity (Wildman–Crippen MR) is 231 cm³/mol. The van der Waals surface area contributed by atoms with Gasteiger partial charge in [-0.05, 0) is 74.1 Å². The highest BCUT2D eigenvalue weighted by atomic mass is 15.0. The van der Waals surface area contributed by atoms with Gasteiger partial charge in [0.1, 0.15) is 0 Å². The minimum absolute atomic E-state index is 0.713. The Morgan fingerprint density at radius 2 is 0.964 bits per heavy atom. The first-order chi connectivity index (χ1) is 27.3. The van der Waals surface area contributed by atoms with Gasteiger partial charge in [-0.25, -0.2) is 9.97 Å². The average molecular weight is 700 g/mol. The van der Waals surface area contributed by atoms with E-state index in [1.54, 1.807) is 0 Å². The Morgan fingerprint density at radius 1 is 0.345 bits per heavy atom. The molecule has 3 nitrogen and oxygen atoms in total. The van der Waals surface area contributed by atoms with Gasteiger partial charge in [-0.2, -0.15) is 0 Å². The van der Waals surface area contributed by atoms with Gasteiger partial charge in [0, 0.05) is 33.0 Å². The number of rotatable bonds is 5. The molecule has 256 valence electrons. The molecule has 0 saturated heterocycles. The van der Waals surface area contributed by atoms with E-state index in [9.17, 15) is 0 Å². The zero-order valence-corrected chi connectivity index (χ0v) is 29.9. The number of hydrogen-bond donors (Lipinski definition) is 0. The summed E-state index contributed by atoms with van der Waals surface area (Å²) in [6.07, 6.45) is 0. The minimum Gasteiger partial charge on any atom is -0.309 e. The molecule has 2 aromatic heterocycles. The van der Waals surface area contributed by atoms with Gasteiger partial charge in [-0.3, -0.25) is 0 Å². The van der Waals surface area contributed by atoms with E-state index >= 15 is 0 Å². The Balaban J connectivity index is 0.988. The number of aromatic nitrogens is 3. The molecule has 3 heteroatoms. The van der Waals surface area contributed by atoms with Gasteiger partial charge in [0.15, 0.2) is 5.82 Å². The molecule has 0 amide bonds. The van der Waals surface area contributed by atoms with Crippen LogP contribution in [0.1, 0.15) is 0 Å². The summed E-state index contributed by atoms with van der Waals surface area (Å²) in [5.74, 6) is 0.713. The zero-order chi connectivity index (χ0) is 36.3. The zero-order valence-electron chi connectivity index (χ0n) is 29.9. The highest BCUT2D eigenvalue weighted by molar-refractivity contribution is 6.21. The van der Waals surface area contributed by atoms with Crippen molar-refractivity contribution in [3.8, 4) is 50.6 Å². The lowest BCUT2D eigenvalue weighted by Gasteiger charge is -2.12. The SMILES string of the molecule is c1ccc(-n2c3cc(-c4ccc(-c5nc(-c6ccc(-c7cccc8ccccc78)cc6)c6ccccc6n5)cc4)ccc3c3c4ccccc4ccc32)cc1. The van der Waals surface area contributed by atoms with Crippen LogP contribution in [0.2, 0.25) is 0 Å². The van der Waals surface area contributed by atoms with Crippen molar-refractivity contribution in [2.75, 3.05) is 0 Å². The van der Waals surface area contributed by atoms with Crippen LogP contribution in [0.15, 0.2) is 200 Å². The largest absolute Gasteiger partial charge is 0.309 e. The molecule has 0 saturated carbocycles. The first kappa shape index (κ1) is 31.2. The summed E-state index contributed by atoms with van der Waals surface area (Å²) in [7, 11) is 0. The van der Waals surface area contributed by atoms with Crippen LogP contribution >= 0.6 is 0 Å². The Hall–Kier alpha value is -7.36. The lowest BCUT2D eigenvalue weighted by Crippen LogP contribution is -1.95.